The number of carbonyl (C=O) groups is 1. The molecule has 2 heterocycles. The normalized spacial score (nSPS) is 54.9. The molecule has 8 N–H and O–H groups in total. The van der Waals surface area contributed by atoms with Gasteiger partial charge in [0.2, 0.25) is 0 Å². The van der Waals surface area contributed by atoms with E-state index >= 15 is 0 Å². The fourth-order valence-electron chi connectivity index (χ4n) is 13.0. The van der Waals surface area contributed by atoms with Crippen molar-refractivity contribution < 1.29 is 64.6 Å². The van der Waals surface area contributed by atoms with E-state index in [0.29, 0.717) is 25.2 Å². The second-order valence-electron chi connectivity index (χ2n) is 19.4. The Morgan fingerprint density at radius 3 is 2.09 bits per heavy atom. The molecule has 302 valence electrons. The minimum Gasteiger partial charge on any atom is -0.481 e. The molecule has 0 aromatic heterocycles. The van der Waals surface area contributed by atoms with Crippen LogP contribution in [-0.2, 0) is 23.7 Å². The molecule has 0 spiro atoms. The lowest BCUT2D eigenvalue weighted by Crippen LogP contribution is -2.65. The number of ether oxygens (including phenoxy) is 4. The Bertz CT molecular complexity index is 1420. The average Bonchev–Trinajstić information content (AvgIpc) is 3.37. The summed E-state index contributed by atoms with van der Waals surface area (Å²) in [5.74, 6) is -0.181. The van der Waals surface area contributed by atoms with Gasteiger partial charge in [-0.3, -0.25) is 4.79 Å². The van der Waals surface area contributed by atoms with Gasteiger partial charge in [-0.05, 0) is 103 Å². The van der Waals surface area contributed by atoms with Crippen molar-refractivity contribution in [2.45, 2.75) is 167 Å². The zero-order valence-electron chi connectivity index (χ0n) is 32.1. The Morgan fingerprint density at radius 1 is 0.811 bits per heavy atom. The second kappa shape index (κ2) is 13.7. The van der Waals surface area contributed by atoms with Crippen LogP contribution in [0.15, 0.2) is 11.6 Å². The van der Waals surface area contributed by atoms with Gasteiger partial charge in [-0.1, -0.05) is 53.2 Å². The van der Waals surface area contributed by atoms with Crippen molar-refractivity contribution in [3.63, 3.8) is 0 Å². The molecule has 0 bridgehead atoms. The number of carboxylic acid groups (broad SMARTS) is 1. The molecule has 7 aliphatic rings. The number of allylic oxidation sites excluding steroid dienone is 2. The molecule has 0 radical (unpaired) electrons. The van der Waals surface area contributed by atoms with Crippen LogP contribution in [0.5, 0.6) is 0 Å². The third-order valence-corrected chi connectivity index (χ3v) is 16.7. The zero-order valence-corrected chi connectivity index (χ0v) is 32.1. The van der Waals surface area contributed by atoms with Crippen molar-refractivity contribution in [1.29, 1.82) is 0 Å². The molecule has 0 amide bonds. The molecule has 4 saturated carbocycles. The molecule has 13 heteroatoms. The van der Waals surface area contributed by atoms with E-state index in [1.165, 1.54) is 5.57 Å². The summed E-state index contributed by atoms with van der Waals surface area (Å²) in [6, 6.07) is 0. The van der Waals surface area contributed by atoms with Crippen molar-refractivity contribution in [3.8, 4) is 0 Å². The summed E-state index contributed by atoms with van der Waals surface area (Å²) in [4.78, 5) is 13.0. The standard InChI is InChI=1S/C40H64O13/c1-19-20-9-12-39(6)26(8-7-21-22-15-36(2,3)27(43)16-40(22,35(48)49)14-13-38(21,39)5)37(20,4)11-10-23(19)50-34-32(30(46)28(44)24(17-41)52-34)53-33-31(47)29(45)25(18-42)51-33/h7,19-20,22-34,41-47H,8-18H2,1-6H3,(H,48,49)/t19-,20+,22?,23+,24-,25-,26-,27+,28-,29-,30+,31+,32-,33+,34-,37+,38-,39-,40-/m1/s1. The van der Waals surface area contributed by atoms with E-state index in [9.17, 15) is 45.6 Å². The highest BCUT2D eigenvalue weighted by Gasteiger charge is 2.69. The summed E-state index contributed by atoms with van der Waals surface area (Å²) >= 11 is 0. The third-order valence-electron chi connectivity index (χ3n) is 16.7. The van der Waals surface area contributed by atoms with Crippen LogP contribution in [0.3, 0.4) is 0 Å². The van der Waals surface area contributed by atoms with Gasteiger partial charge < -0.3 is 59.8 Å². The summed E-state index contributed by atoms with van der Waals surface area (Å²) in [5, 5.41) is 84.1. The van der Waals surface area contributed by atoms with Gasteiger partial charge >= 0.3 is 5.97 Å². The van der Waals surface area contributed by atoms with Crippen LogP contribution in [0.2, 0.25) is 0 Å². The summed E-state index contributed by atoms with van der Waals surface area (Å²) in [6.45, 7) is 12.5. The van der Waals surface area contributed by atoms with E-state index in [2.05, 4.69) is 47.6 Å². The lowest BCUT2D eigenvalue weighted by Gasteiger charge is -2.70. The van der Waals surface area contributed by atoms with Crippen LogP contribution in [-0.4, -0.2) is 128 Å². The van der Waals surface area contributed by atoms with E-state index in [4.69, 9.17) is 18.9 Å². The molecule has 2 aliphatic heterocycles. The van der Waals surface area contributed by atoms with Crippen molar-refractivity contribution in [1.82, 2.24) is 0 Å². The minimum absolute atomic E-state index is 0.0371. The van der Waals surface area contributed by atoms with Gasteiger partial charge in [0.25, 0.3) is 0 Å². The summed E-state index contributed by atoms with van der Waals surface area (Å²) in [5.41, 5.74) is -0.287. The van der Waals surface area contributed by atoms with Crippen molar-refractivity contribution in [3.05, 3.63) is 11.6 Å². The summed E-state index contributed by atoms with van der Waals surface area (Å²) < 4.78 is 24.1. The van der Waals surface area contributed by atoms with Gasteiger partial charge in [0.05, 0.1) is 30.8 Å². The lowest BCUT2D eigenvalue weighted by molar-refractivity contribution is -0.351. The average molecular weight is 753 g/mol. The zero-order chi connectivity index (χ0) is 38.6. The van der Waals surface area contributed by atoms with Gasteiger partial charge in [-0.15, -0.1) is 0 Å². The van der Waals surface area contributed by atoms with Crippen LogP contribution in [0, 0.1) is 50.7 Å². The number of fused-ring (bicyclic) bond motifs is 7. The fraction of sp³-hybridized carbons (Fsp3) is 0.925. The molecule has 1 unspecified atom stereocenters. The lowest BCUT2D eigenvalue weighted by atomic mass is 9.34. The molecular formula is C40H64O13. The van der Waals surface area contributed by atoms with Gasteiger partial charge in [-0.2, -0.15) is 0 Å². The first kappa shape index (κ1) is 40.0. The van der Waals surface area contributed by atoms with Crippen molar-refractivity contribution >= 4 is 5.97 Å². The smallest absolute Gasteiger partial charge is 0.310 e. The molecule has 5 aliphatic carbocycles. The quantitative estimate of drug-likeness (QED) is 0.138. The Hall–Kier alpha value is -1.23. The van der Waals surface area contributed by atoms with Gasteiger partial charge in [0, 0.05) is 0 Å². The van der Waals surface area contributed by atoms with E-state index in [0.717, 1.165) is 32.1 Å². The van der Waals surface area contributed by atoms with Crippen LogP contribution in [0.1, 0.15) is 99.3 Å². The molecule has 2 saturated heterocycles. The Labute approximate surface area is 312 Å². The number of carboxylic acids is 1. The van der Waals surface area contributed by atoms with E-state index in [1.54, 1.807) is 0 Å². The highest BCUT2D eigenvalue weighted by Crippen LogP contribution is 2.75. The Morgan fingerprint density at radius 2 is 1.45 bits per heavy atom. The van der Waals surface area contributed by atoms with Crippen molar-refractivity contribution in [2.24, 2.45) is 50.7 Å². The third kappa shape index (κ3) is 5.84. The summed E-state index contributed by atoms with van der Waals surface area (Å²) in [7, 11) is 0. The number of aliphatic hydroxyl groups is 7. The molecular weight excluding hydrogens is 688 g/mol. The molecule has 19 atom stereocenters. The molecule has 53 heavy (non-hydrogen) atoms. The highest BCUT2D eigenvalue weighted by atomic mass is 16.8. The minimum atomic E-state index is -1.57. The SMILES string of the molecule is C[C@H]1[C@@H](O[C@@H]2O[C@H](CO)[C@@H](O)[C@H](O)[C@H]2O[C@@H]2O[C@H](CO)[C@@H](O)[C@@H]2O)CC[C@]2(C)[C@H]3CC=C4C5CC(C)(C)[C@@H](O)C[C@]5(C(=O)O)CC[C@@]4(C)[C@]3(C)CC[C@@H]12. The first-order valence-corrected chi connectivity index (χ1v) is 20.0. The first-order valence-electron chi connectivity index (χ1n) is 20.0. The van der Waals surface area contributed by atoms with Gasteiger partial charge in [0.15, 0.2) is 12.6 Å². The van der Waals surface area contributed by atoms with Crippen LogP contribution in [0.4, 0.5) is 0 Å². The number of hydrogen-bond donors (Lipinski definition) is 8. The van der Waals surface area contributed by atoms with Crippen LogP contribution in [0.25, 0.3) is 0 Å². The van der Waals surface area contributed by atoms with Crippen molar-refractivity contribution in [2.75, 3.05) is 13.2 Å². The summed E-state index contributed by atoms with van der Waals surface area (Å²) in [6.07, 6.45) is -4.15. The van der Waals surface area contributed by atoms with Crippen LogP contribution >= 0.6 is 0 Å². The number of aliphatic carboxylic acids is 1. The number of aliphatic hydroxyl groups excluding tert-OH is 7. The molecule has 7 rings (SSSR count). The van der Waals surface area contributed by atoms with Gasteiger partial charge in [-0.25, -0.2) is 0 Å². The number of rotatable bonds is 7. The highest BCUT2D eigenvalue weighted by molar-refractivity contribution is 5.77. The maximum absolute atomic E-state index is 13.0. The van der Waals surface area contributed by atoms with Gasteiger partial charge in [0.1, 0.15) is 42.7 Å². The first-order chi connectivity index (χ1) is 24.8. The Balaban J connectivity index is 1.13. The van der Waals surface area contributed by atoms with E-state index in [-0.39, 0.29) is 51.9 Å². The number of hydrogen-bond acceptors (Lipinski definition) is 12. The monoisotopic (exact) mass is 752 g/mol. The van der Waals surface area contributed by atoms with Crippen LogP contribution < -0.4 is 0 Å². The fourth-order valence-corrected chi connectivity index (χ4v) is 13.0. The Kier molecular flexibility index (Phi) is 10.3. The molecule has 6 fully saturated rings. The van der Waals surface area contributed by atoms with E-state index < -0.39 is 86.0 Å². The topological polar surface area (TPSA) is 216 Å². The predicted molar refractivity (Wildman–Crippen MR) is 189 cm³/mol. The van der Waals surface area contributed by atoms with E-state index in [1.807, 2.05) is 0 Å². The second-order valence-corrected chi connectivity index (χ2v) is 19.4. The maximum atomic E-state index is 13.0. The molecule has 0 aromatic rings. The molecule has 13 nitrogen and oxygen atoms in total. The predicted octanol–water partition coefficient (Wildman–Crippen LogP) is 2.10. The molecule has 0 aromatic carbocycles. The maximum Gasteiger partial charge on any atom is 0.310 e. The largest absolute Gasteiger partial charge is 0.481 e.